The summed E-state index contributed by atoms with van der Waals surface area (Å²) in [5.74, 6) is 1.50. The lowest BCUT2D eigenvalue weighted by molar-refractivity contribution is -0.125. The zero-order valence-electron chi connectivity index (χ0n) is 26.1. The van der Waals surface area contributed by atoms with Crippen LogP contribution in [0.1, 0.15) is 90.3 Å². The van der Waals surface area contributed by atoms with Crippen molar-refractivity contribution in [2.75, 3.05) is 6.61 Å². The van der Waals surface area contributed by atoms with Crippen LogP contribution in [0, 0.1) is 18.7 Å². The second-order valence-electron chi connectivity index (χ2n) is 10.8. The molecule has 5 heteroatoms. The van der Waals surface area contributed by atoms with E-state index in [9.17, 15) is 9.18 Å². The summed E-state index contributed by atoms with van der Waals surface area (Å²) in [6.07, 6.45) is 6.14. The Bertz CT molecular complexity index is 1500. The summed E-state index contributed by atoms with van der Waals surface area (Å²) in [5, 5.41) is 2.38. The Morgan fingerprint density at radius 2 is 1.83 bits per heavy atom. The Balaban J connectivity index is 2.03. The molecule has 0 aliphatic carbocycles. The highest BCUT2D eigenvalue weighted by Gasteiger charge is 2.22. The van der Waals surface area contributed by atoms with Gasteiger partial charge in [0.25, 0.3) is 6.47 Å². The molecule has 0 N–H and O–H groups in total. The zero-order valence-corrected chi connectivity index (χ0v) is 26.8. The van der Waals surface area contributed by atoms with Gasteiger partial charge in [-0.3, -0.25) is 4.79 Å². The van der Waals surface area contributed by atoms with E-state index in [0.29, 0.717) is 49.0 Å². The normalized spacial score (nSPS) is 13.9. The topological polar surface area (TPSA) is 35.5 Å². The minimum Gasteiger partial charge on any atom is -0.493 e. The van der Waals surface area contributed by atoms with E-state index in [0.717, 1.165) is 51.6 Å². The van der Waals surface area contributed by atoms with Crippen molar-refractivity contribution in [2.24, 2.45) is 5.92 Å². The largest absolute Gasteiger partial charge is 0.493 e. The molecule has 3 aromatic carbocycles. The van der Waals surface area contributed by atoms with Crippen LogP contribution < -0.4 is 4.74 Å². The third-order valence-corrected chi connectivity index (χ3v) is 8.43. The zero-order chi connectivity index (χ0) is 30.8. The second-order valence-corrected chi connectivity index (χ2v) is 11.2. The molecule has 0 saturated heterocycles. The van der Waals surface area contributed by atoms with Gasteiger partial charge in [-0.1, -0.05) is 69.1 Å². The average molecular weight is 591 g/mol. The van der Waals surface area contributed by atoms with E-state index in [1.54, 1.807) is 6.07 Å². The maximum absolute atomic E-state index is 13.7. The van der Waals surface area contributed by atoms with Gasteiger partial charge in [0.15, 0.2) is 0 Å². The van der Waals surface area contributed by atoms with Crippen molar-refractivity contribution >= 4 is 40.0 Å². The molecule has 0 fully saturated rings. The molecule has 3 nitrogen and oxygen atoms in total. The van der Waals surface area contributed by atoms with E-state index in [1.165, 1.54) is 28.9 Å². The molecule has 1 atom stereocenters. The molecule has 0 radical (unpaired) electrons. The summed E-state index contributed by atoms with van der Waals surface area (Å²) in [4.78, 5) is 11.5. The number of carbonyl (C=O) groups excluding carboxylic acids is 1. The summed E-state index contributed by atoms with van der Waals surface area (Å²) in [5.41, 5.74) is 7.82. The molecule has 1 unspecified atom stereocenters. The van der Waals surface area contributed by atoms with Gasteiger partial charge in [0, 0.05) is 22.4 Å². The van der Waals surface area contributed by atoms with Gasteiger partial charge in [-0.15, -0.1) is 0 Å². The molecule has 3 rings (SSSR count). The van der Waals surface area contributed by atoms with Crippen LogP contribution >= 0.6 is 11.6 Å². The Kier molecular flexibility index (Phi) is 12.4. The number of hydrogen-bond acceptors (Lipinski definition) is 3. The van der Waals surface area contributed by atoms with Crippen molar-refractivity contribution in [1.29, 1.82) is 0 Å². The predicted molar refractivity (Wildman–Crippen MR) is 175 cm³/mol. The van der Waals surface area contributed by atoms with E-state index >= 15 is 0 Å². The smallest absolute Gasteiger partial charge is 0.298 e. The van der Waals surface area contributed by atoms with Crippen LogP contribution in [0.3, 0.4) is 0 Å². The molecule has 0 aliphatic rings. The van der Waals surface area contributed by atoms with Gasteiger partial charge >= 0.3 is 0 Å². The first-order valence-corrected chi connectivity index (χ1v) is 15.4. The van der Waals surface area contributed by atoms with Crippen LogP contribution in [0.5, 0.6) is 5.75 Å². The highest BCUT2D eigenvalue weighted by molar-refractivity contribution is 6.33. The minimum absolute atomic E-state index is 0.271. The van der Waals surface area contributed by atoms with Gasteiger partial charge in [-0.2, -0.15) is 0 Å². The fraction of sp³-hybridized carbons (Fsp3) is 0.378. The monoisotopic (exact) mass is 590 g/mol. The molecular weight excluding hydrogens is 547 g/mol. The Morgan fingerprint density at radius 1 is 1.07 bits per heavy atom. The highest BCUT2D eigenvalue weighted by atomic mass is 35.5. The lowest BCUT2D eigenvalue weighted by Crippen LogP contribution is -2.06. The van der Waals surface area contributed by atoms with Crippen molar-refractivity contribution in [1.82, 2.24) is 0 Å². The second kappa shape index (κ2) is 15.7. The predicted octanol–water partition coefficient (Wildman–Crippen LogP) is 11.3. The molecule has 0 aromatic heterocycles. The summed E-state index contributed by atoms with van der Waals surface area (Å²) >= 11 is 6.96. The van der Waals surface area contributed by atoms with Crippen molar-refractivity contribution < 1.29 is 18.7 Å². The Morgan fingerprint density at radius 3 is 2.50 bits per heavy atom. The molecule has 0 spiro atoms. The lowest BCUT2D eigenvalue weighted by Gasteiger charge is -2.24. The summed E-state index contributed by atoms with van der Waals surface area (Å²) < 4.78 is 25.4. The number of hydrogen-bond donors (Lipinski definition) is 0. The summed E-state index contributed by atoms with van der Waals surface area (Å²) in [7, 11) is 0. The van der Waals surface area contributed by atoms with E-state index in [4.69, 9.17) is 21.1 Å². The number of halogens is 2. The first-order chi connectivity index (χ1) is 20.2. The van der Waals surface area contributed by atoms with Gasteiger partial charge in [0.2, 0.25) is 0 Å². The van der Waals surface area contributed by atoms with Crippen LogP contribution in [0.15, 0.2) is 71.5 Å². The molecule has 0 heterocycles. The molecule has 0 amide bonds. The van der Waals surface area contributed by atoms with Gasteiger partial charge in [-0.05, 0) is 116 Å². The Labute approximate surface area is 256 Å². The average Bonchev–Trinajstić information content (AvgIpc) is 2.98. The van der Waals surface area contributed by atoms with Crippen LogP contribution in [0.25, 0.3) is 21.9 Å². The van der Waals surface area contributed by atoms with Crippen LogP contribution in [-0.2, 0) is 9.53 Å². The number of benzene rings is 3. The third kappa shape index (κ3) is 7.72. The van der Waals surface area contributed by atoms with Gasteiger partial charge in [0.1, 0.15) is 17.3 Å². The lowest BCUT2D eigenvalue weighted by atomic mass is 9.82. The number of carbonyl (C=O) groups is 1. The van der Waals surface area contributed by atoms with Crippen molar-refractivity contribution in [3.63, 3.8) is 0 Å². The fourth-order valence-electron chi connectivity index (χ4n) is 5.61. The third-order valence-electron chi connectivity index (χ3n) is 8.12. The van der Waals surface area contributed by atoms with E-state index < -0.39 is 0 Å². The van der Waals surface area contributed by atoms with Crippen LogP contribution in [-0.4, -0.2) is 13.1 Å². The number of ether oxygens (including phenoxy) is 2. The molecule has 3 aromatic rings. The van der Waals surface area contributed by atoms with Crippen molar-refractivity contribution in [3.05, 3.63) is 99.0 Å². The number of allylic oxidation sites excluding steroid dienone is 6. The number of rotatable bonds is 14. The van der Waals surface area contributed by atoms with Gasteiger partial charge < -0.3 is 9.47 Å². The van der Waals surface area contributed by atoms with E-state index in [-0.39, 0.29) is 5.82 Å². The van der Waals surface area contributed by atoms with Crippen molar-refractivity contribution in [3.8, 4) is 5.75 Å². The highest BCUT2D eigenvalue weighted by Crippen LogP contribution is 2.41. The minimum atomic E-state index is -0.271. The SMILES string of the molecule is CC/C=C(C)\C(=C(\C)C(C)CC)c1c(Cl)ccc(/C(CCCOc2cccc3cc(F)ccc23)=C(\CC)OC=O)c1C. The van der Waals surface area contributed by atoms with Crippen molar-refractivity contribution in [2.45, 2.75) is 80.6 Å². The van der Waals surface area contributed by atoms with E-state index in [1.807, 2.05) is 37.3 Å². The van der Waals surface area contributed by atoms with Gasteiger partial charge in [-0.25, -0.2) is 4.39 Å². The molecule has 0 saturated carbocycles. The van der Waals surface area contributed by atoms with E-state index in [2.05, 4.69) is 47.6 Å². The number of fused-ring (bicyclic) bond motifs is 1. The quantitative estimate of drug-likeness (QED) is 0.0810. The summed E-state index contributed by atoms with van der Waals surface area (Å²) in [6, 6.07) is 14.4. The Hall–Kier alpha value is -3.37. The van der Waals surface area contributed by atoms with Crippen LogP contribution in [0.4, 0.5) is 4.39 Å². The first-order valence-electron chi connectivity index (χ1n) is 15.0. The molecule has 0 bridgehead atoms. The molecule has 42 heavy (non-hydrogen) atoms. The molecule has 0 aliphatic heterocycles. The maximum atomic E-state index is 13.7. The molecular formula is C37H44ClFO3. The van der Waals surface area contributed by atoms with Gasteiger partial charge in [0.05, 0.1) is 6.61 Å². The summed E-state index contributed by atoms with van der Waals surface area (Å²) in [6.45, 7) is 16.0. The molecule has 224 valence electrons. The first kappa shape index (κ1) is 33.1. The van der Waals surface area contributed by atoms with Crippen LogP contribution in [0.2, 0.25) is 5.02 Å². The maximum Gasteiger partial charge on any atom is 0.298 e. The fourth-order valence-corrected chi connectivity index (χ4v) is 5.91. The standard InChI is InChI=1S/C37H44ClFO3/c1-8-13-25(5)36(26(6)24(4)9-2)37-27(7)30(19-20-33(37)38)32(34(10-3)42-23-40)15-12-21-41-35-16-11-14-28-22-29(39)17-18-31(28)35/h11,13-14,16-20,22-24H,8-10,12,15,21H2,1-7H3/b25-13-,34-32+,36-26+.